The van der Waals surface area contributed by atoms with Crippen molar-refractivity contribution in [1.82, 2.24) is 25.2 Å². The Morgan fingerprint density at radius 3 is 2.35 bits per heavy atom. The number of carbonyl (C=O) groups excluding carboxylic acids is 2. The highest BCUT2D eigenvalue weighted by Gasteiger charge is 2.47. The average Bonchev–Trinajstić information content (AvgIpc) is 3.64. The van der Waals surface area contributed by atoms with Gasteiger partial charge in [-0.15, -0.1) is 0 Å². The number of rotatable bonds is 6. The van der Waals surface area contributed by atoms with Crippen LogP contribution in [0.25, 0.3) is 27.9 Å². The summed E-state index contributed by atoms with van der Waals surface area (Å²) in [7, 11) is 1.40. The Labute approximate surface area is 226 Å². The molecule has 10 heteroatoms. The zero-order valence-electron chi connectivity index (χ0n) is 21.2. The van der Waals surface area contributed by atoms with Gasteiger partial charge >= 0.3 is 0 Å². The Kier molecular flexibility index (Phi) is 6.10. The monoisotopic (exact) mass is 541 g/mol. The highest BCUT2D eigenvalue weighted by Crippen LogP contribution is 2.44. The van der Waals surface area contributed by atoms with Gasteiger partial charge in [0, 0.05) is 36.1 Å². The molecule has 0 aliphatic heterocycles. The molecular weight excluding hydrogens is 519 g/mol. The molecule has 2 aromatic carbocycles. The Morgan fingerprint density at radius 2 is 1.68 bits per heavy atom. The second-order valence-electron chi connectivity index (χ2n) is 9.63. The van der Waals surface area contributed by atoms with E-state index in [0.29, 0.717) is 18.4 Å². The Morgan fingerprint density at radius 1 is 0.900 bits per heavy atom. The van der Waals surface area contributed by atoms with Gasteiger partial charge in [0.1, 0.15) is 22.8 Å². The summed E-state index contributed by atoms with van der Waals surface area (Å²) >= 11 is 0. The smallest absolute Gasteiger partial charge is 0.255 e. The summed E-state index contributed by atoms with van der Waals surface area (Å²) in [4.78, 5) is 30.4. The Balaban J connectivity index is 1.42. The largest absolute Gasteiger partial charge is 0.355 e. The van der Waals surface area contributed by atoms with Crippen LogP contribution < -0.4 is 10.6 Å². The minimum atomic E-state index is -0.828. The van der Waals surface area contributed by atoms with Crippen LogP contribution in [0.4, 0.5) is 13.2 Å². The molecule has 1 aliphatic rings. The molecule has 1 saturated carbocycles. The summed E-state index contributed by atoms with van der Waals surface area (Å²) in [6.07, 6.45) is 4.48. The summed E-state index contributed by atoms with van der Waals surface area (Å²) in [5.74, 6) is -3.14. The van der Waals surface area contributed by atoms with E-state index in [4.69, 9.17) is 0 Å². The predicted molar refractivity (Wildman–Crippen MR) is 142 cm³/mol. The molecular formula is C30H22F3N5O2. The first-order valence-electron chi connectivity index (χ1n) is 12.5. The maximum Gasteiger partial charge on any atom is 0.255 e. The van der Waals surface area contributed by atoms with Crippen molar-refractivity contribution in [2.45, 2.75) is 18.4 Å². The minimum absolute atomic E-state index is 0.0171. The lowest BCUT2D eigenvalue weighted by Gasteiger charge is -2.17. The molecule has 0 atom stereocenters. The standard InChI is InChI=1S/C30H22F3N5O2/c1-34-29(40)24-26(17-5-7-20(31)8-6-17)37-38-13-9-22(25(33)27(24)38)18-14-19(16-21(32)15-18)28(39)36-30(10-11-30)23-4-2-3-12-35-23/h2-9,12-16H,10-11H2,1H3,(H,34,40)(H,36,39). The number of hydrogen-bond donors (Lipinski definition) is 2. The number of halogens is 3. The second-order valence-corrected chi connectivity index (χ2v) is 9.63. The maximum atomic E-state index is 16.1. The van der Waals surface area contributed by atoms with Crippen molar-refractivity contribution in [3.63, 3.8) is 0 Å². The SMILES string of the molecule is CNC(=O)c1c(-c2ccc(F)cc2)nn2ccc(-c3cc(F)cc(C(=O)NC4(c5ccccn5)CC4)c3)c(F)c12. The molecule has 3 heterocycles. The lowest BCUT2D eigenvalue weighted by atomic mass is 10.00. The van der Waals surface area contributed by atoms with Crippen molar-refractivity contribution in [3.8, 4) is 22.4 Å². The molecule has 3 aromatic heterocycles. The van der Waals surface area contributed by atoms with Crippen LogP contribution in [-0.2, 0) is 5.54 Å². The van der Waals surface area contributed by atoms with Crippen LogP contribution in [0.2, 0.25) is 0 Å². The number of benzene rings is 2. The van der Waals surface area contributed by atoms with Gasteiger partial charge < -0.3 is 10.6 Å². The molecule has 1 fully saturated rings. The fraction of sp³-hybridized carbons (Fsp3) is 0.133. The molecule has 2 amide bonds. The van der Waals surface area contributed by atoms with Crippen molar-refractivity contribution in [2.75, 3.05) is 7.05 Å². The number of carbonyl (C=O) groups is 2. The van der Waals surface area contributed by atoms with Gasteiger partial charge in [-0.1, -0.05) is 6.07 Å². The molecule has 2 N–H and O–H groups in total. The molecule has 5 aromatic rings. The first-order valence-corrected chi connectivity index (χ1v) is 12.5. The Bertz CT molecular complexity index is 1780. The topological polar surface area (TPSA) is 88.4 Å². The van der Waals surface area contributed by atoms with Crippen LogP contribution in [0.1, 0.15) is 39.3 Å². The van der Waals surface area contributed by atoms with E-state index in [-0.39, 0.29) is 33.5 Å². The molecule has 0 radical (unpaired) electrons. The first kappa shape index (κ1) is 25.3. The van der Waals surface area contributed by atoms with E-state index in [1.165, 1.54) is 54.2 Å². The van der Waals surface area contributed by atoms with E-state index < -0.39 is 34.8 Å². The molecule has 0 bridgehead atoms. The zero-order valence-corrected chi connectivity index (χ0v) is 21.2. The van der Waals surface area contributed by atoms with E-state index in [1.54, 1.807) is 12.3 Å². The summed E-state index contributed by atoms with van der Waals surface area (Å²) < 4.78 is 45.6. The molecule has 0 unspecified atom stereocenters. The molecule has 0 spiro atoms. The van der Waals surface area contributed by atoms with Gasteiger partial charge in [0.25, 0.3) is 11.8 Å². The summed E-state index contributed by atoms with van der Waals surface area (Å²) in [5.41, 5.74) is 0.566. The zero-order chi connectivity index (χ0) is 28.0. The van der Waals surface area contributed by atoms with Crippen molar-refractivity contribution >= 4 is 17.3 Å². The van der Waals surface area contributed by atoms with Gasteiger partial charge in [-0.3, -0.25) is 14.6 Å². The van der Waals surface area contributed by atoms with Crippen molar-refractivity contribution in [3.05, 3.63) is 113 Å². The maximum absolute atomic E-state index is 16.1. The van der Waals surface area contributed by atoms with Crippen molar-refractivity contribution in [1.29, 1.82) is 0 Å². The number of hydrogen-bond acceptors (Lipinski definition) is 4. The van der Waals surface area contributed by atoms with Crippen LogP contribution in [0.5, 0.6) is 0 Å². The van der Waals surface area contributed by atoms with Crippen LogP contribution in [0, 0.1) is 17.5 Å². The minimum Gasteiger partial charge on any atom is -0.355 e. The van der Waals surface area contributed by atoms with Crippen LogP contribution in [0.3, 0.4) is 0 Å². The van der Waals surface area contributed by atoms with Gasteiger partial charge in [-0.2, -0.15) is 5.10 Å². The van der Waals surface area contributed by atoms with Gasteiger partial charge in [-0.25, -0.2) is 17.7 Å². The van der Waals surface area contributed by atoms with Crippen LogP contribution in [-0.4, -0.2) is 33.5 Å². The van der Waals surface area contributed by atoms with Gasteiger partial charge in [-0.05, 0) is 79.1 Å². The van der Waals surface area contributed by atoms with Gasteiger partial charge in [0.2, 0.25) is 0 Å². The lowest BCUT2D eigenvalue weighted by Crippen LogP contribution is -2.35. The molecule has 0 saturated heterocycles. The van der Waals surface area contributed by atoms with Crippen LogP contribution >= 0.6 is 0 Å². The molecule has 40 heavy (non-hydrogen) atoms. The fourth-order valence-corrected chi connectivity index (χ4v) is 4.85. The number of amides is 2. The van der Waals surface area contributed by atoms with E-state index in [9.17, 15) is 18.4 Å². The summed E-state index contributed by atoms with van der Waals surface area (Å²) in [6, 6.07) is 15.8. The molecule has 6 rings (SSSR count). The number of aromatic nitrogens is 3. The van der Waals surface area contributed by atoms with Crippen molar-refractivity contribution in [2.24, 2.45) is 0 Å². The number of nitrogens with zero attached hydrogens (tertiary/aromatic N) is 3. The van der Waals surface area contributed by atoms with E-state index in [2.05, 4.69) is 20.7 Å². The number of nitrogens with one attached hydrogen (secondary N) is 2. The fourth-order valence-electron chi connectivity index (χ4n) is 4.85. The van der Waals surface area contributed by atoms with Gasteiger partial charge in [0.05, 0.1) is 16.8 Å². The third-order valence-corrected chi connectivity index (χ3v) is 7.04. The quantitative estimate of drug-likeness (QED) is 0.307. The van der Waals surface area contributed by atoms with E-state index in [1.807, 2.05) is 12.1 Å². The Hall–Kier alpha value is -4.99. The third kappa shape index (κ3) is 4.37. The van der Waals surface area contributed by atoms with E-state index >= 15 is 4.39 Å². The second kappa shape index (κ2) is 9.64. The normalized spacial score (nSPS) is 13.7. The highest BCUT2D eigenvalue weighted by atomic mass is 19.1. The van der Waals surface area contributed by atoms with Gasteiger partial charge in [0.15, 0.2) is 5.82 Å². The number of fused-ring (bicyclic) bond motifs is 1. The molecule has 7 nitrogen and oxygen atoms in total. The summed E-state index contributed by atoms with van der Waals surface area (Å²) in [5, 5.41) is 9.81. The third-order valence-electron chi connectivity index (χ3n) is 7.04. The summed E-state index contributed by atoms with van der Waals surface area (Å²) in [6.45, 7) is 0. The number of pyridine rings is 2. The highest BCUT2D eigenvalue weighted by molar-refractivity contribution is 6.07. The van der Waals surface area contributed by atoms with Crippen molar-refractivity contribution < 1.29 is 22.8 Å². The first-order chi connectivity index (χ1) is 19.3. The predicted octanol–water partition coefficient (Wildman–Crippen LogP) is 5.26. The van der Waals surface area contributed by atoms with Crippen LogP contribution in [0.15, 0.2) is 79.1 Å². The molecule has 200 valence electrons. The van der Waals surface area contributed by atoms with E-state index in [0.717, 1.165) is 17.8 Å². The molecule has 1 aliphatic carbocycles. The average molecular weight is 542 g/mol. The lowest BCUT2D eigenvalue weighted by molar-refractivity contribution is 0.0927.